The highest BCUT2D eigenvalue weighted by Gasteiger charge is 2.50. The molecule has 3 rings (SSSR count). The number of aromatic nitrogens is 1. The molecule has 2 aromatic rings. The number of nitrogens with zero attached hydrogens (tertiary/aromatic N) is 3. The number of nitrogens with two attached hydrogens (primary N) is 1. The molecule has 0 fully saturated rings. The number of aliphatic imine (C=N–C) groups is 1. The summed E-state index contributed by atoms with van der Waals surface area (Å²) in [6.07, 6.45) is 2.21. The number of carbonyl (C=O) groups excluding carboxylic acids is 2. The fraction of sp³-hybridized carbons (Fsp3) is 0.235. The number of aryl methyl sites for hydroxylation is 1. The molecule has 0 saturated heterocycles. The van der Waals surface area contributed by atoms with Crippen molar-refractivity contribution in [3.8, 4) is 0 Å². The van der Waals surface area contributed by atoms with Crippen LogP contribution >= 0.6 is 15.9 Å². The number of likely N-dealkylation sites (N-methyl/N-ethyl adjacent to an activating group) is 1. The molecule has 8 heteroatoms. The van der Waals surface area contributed by atoms with E-state index < -0.39 is 12.2 Å². The van der Waals surface area contributed by atoms with Crippen LogP contribution in [0.1, 0.15) is 21.6 Å². The molecular formula is C17H16BrFN4O2. The summed E-state index contributed by atoms with van der Waals surface area (Å²) in [5.41, 5.74) is 5.85. The molecule has 0 saturated carbocycles. The van der Waals surface area contributed by atoms with Gasteiger partial charge in [0.2, 0.25) is 0 Å². The summed E-state index contributed by atoms with van der Waals surface area (Å²) in [5.74, 6) is -0.256. The van der Waals surface area contributed by atoms with Crippen LogP contribution in [0.2, 0.25) is 0 Å². The third-order valence-electron chi connectivity index (χ3n) is 4.28. The number of guanidine groups is 1. The summed E-state index contributed by atoms with van der Waals surface area (Å²) in [6.45, 7) is -0.607. The van der Waals surface area contributed by atoms with Gasteiger partial charge in [-0.15, -0.1) is 0 Å². The van der Waals surface area contributed by atoms with Crippen LogP contribution in [-0.2, 0) is 16.9 Å². The number of amides is 1. The molecule has 0 aliphatic carbocycles. The van der Waals surface area contributed by atoms with Crippen LogP contribution < -0.4 is 5.73 Å². The van der Waals surface area contributed by atoms with Gasteiger partial charge >= 0.3 is 0 Å². The fourth-order valence-corrected chi connectivity index (χ4v) is 3.40. The van der Waals surface area contributed by atoms with E-state index in [1.165, 1.54) is 9.47 Å². The molecule has 1 aliphatic heterocycles. The number of alkyl halides is 1. The van der Waals surface area contributed by atoms with E-state index in [1.54, 1.807) is 37.5 Å². The van der Waals surface area contributed by atoms with E-state index in [1.807, 2.05) is 6.07 Å². The number of halogens is 2. The molecule has 2 N–H and O–H groups in total. The number of benzene rings is 1. The Balaban J connectivity index is 2.27. The summed E-state index contributed by atoms with van der Waals surface area (Å²) < 4.78 is 15.0. The summed E-state index contributed by atoms with van der Waals surface area (Å²) in [4.78, 5) is 30.1. The summed E-state index contributed by atoms with van der Waals surface area (Å²) >= 11 is 3.40. The Hall–Kier alpha value is -2.48. The average Bonchev–Trinajstić information content (AvgIpc) is 3.10. The Bertz CT molecular complexity index is 879. The lowest BCUT2D eigenvalue weighted by molar-refractivity contribution is -0.129. The van der Waals surface area contributed by atoms with Crippen LogP contribution in [0.15, 0.2) is 46.0 Å². The van der Waals surface area contributed by atoms with Gasteiger partial charge < -0.3 is 10.3 Å². The minimum Gasteiger partial charge on any atom is -0.369 e. The highest BCUT2D eigenvalue weighted by Crippen LogP contribution is 2.40. The van der Waals surface area contributed by atoms with Gasteiger partial charge in [0, 0.05) is 23.3 Å². The Kier molecular flexibility index (Phi) is 4.47. The zero-order valence-electron chi connectivity index (χ0n) is 13.4. The number of aldehydes is 1. The van der Waals surface area contributed by atoms with Gasteiger partial charge in [-0.05, 0) is 23.8 Å². The molecule has 6 nitrogen and oxygen atoms in total. The molecule has 2 heterocycles. The van der Waals surface area contributed by atoms with Crippen LogP contribution in [0.3, 0.4) is 0 Å². The van der Waals surface area contributed by atoms with Crippen molar-refractivity contribution in [3.63, 3.8) is 0 Å². The smallest absolute Gasteiger partial charge is 0.266 e. The molecule has 1 unspecified atom stereocenters. The van der Waals surface area contributed by atoms with E-state index >= 15 is 0 Å². The van der Waals surface area contributed by atoms with Crippen LogP contribution in [0, 0.1) is 0 Å². The van der Waals surface area contributed by atoms with Gasteiger partial charge in [0.1, 0.15) is 6.67 Å². The zero-order chi connectivity index (χ0) is 18.2. The lowest BCUT2D eigenvalue weighted by Gasteiger charge is -2.25. The van der Waals surface area contributed by atoms with E-state index in [4.69, 9.17) is 5.73 Å². The Labute approximate surface area is 152 Å². The third-order valence-corrected chi connectivity index (χ3v) is 4.77. The van der Waals surface area contributed by atoms with E-state index in [-0.39, 0.29) is 24.1 Å². The van der Waals surface area contributed by atoms with Crippen LogP contribution in [-0.4, -0.2) is 41.3 Å². The molecule has 25 heavy (non-hydrogen) atoms. The third kappa shape index (κ3) is 2.66. The van der Waals surface area contributed by atoms with E-state index in [0.29, 0.717) is 17.4 Å². The lowest BCUT2D eigenvalue weighted by atomic mass is 9.84. The molecule has 1 aromatic carbocycles. The number of hydrogen-bond acceptors (Lipinski definition) is 4. The standard InChI is InChI=1S/C17H16BrFN4O2/c1-22-15(25)17(21-16(22)20,11-3-2-4-13(18)7-11)12-8-14(10-24)23(9-12)6-5-19/h2-4,7-10H,5-6H2,1H3,(H2,20,21). The first-order valence-corrected chi connectivity index (χ1v) is 8.34. The van der Waals surface area contributed by atoms with Gasteiger partial charge in [0.25, 0.3) is 5.91 Å². The molecule has 0 spiro atoms. The van der Waals surface area contributed by atoms with Crippen molar-refractivity contribution >= 4 is 34.1 Å². The summed E-state index contributed by atoms with van der Waals surface area (Å²) in [6, 6.07) is 8.72. The molecular weight excluding hydrogens is 391 g/mol. The predicted molar refractivity (Wildman–Crippen MR) is 95.1 cm³/mol. The van der Waals surface area contributed by atoms with Gasteiger partial charge in [-0.3, -0.25) is 14.5 Å². The van der Waals surface area contributed by atoms with Crippen molar-refractivity contribution < 1.29 is 14.0 Å². The second-order valence-corrected chi connectivity index (χ2v) is 6.62. The quantitative estimate of drug-likeness (QED) is 0.771. The second-order valence-electron chi connectivity index (χ2n) is 5.71. The molecule has 130 valence electrons. The number of rotatable bonds is 5. The van der Waals surface area contributed by atoms with Crippen molar-refractivity contribution in [1.82, 2.24) is 9.47 Å². The maximum atomic E-state index is 13.1. The van der Waals surface area contributed by atoms with Gasteiger partial charge in [-0.25, -0.2) is 9.38 Å². The van der Waals surface area contributed by atoms with Crippen molar-refractivity contribution in [1.29, 1.82) is 0 Å². The molecule has 0 radical (unpaired) electrons. The first-order valence-electron chi connectivity index (χ1n) is 7.55. The highest BCUT2D eigenvalue weighted by atomic mass is 79.9. The van der Waals surface area contributed by atoms with Crippen LogP contribution in [0.25, 0.3) is 0 Å². The Morgan fingerprint density at radius 3 is 2.68 bits per heavy atom. The Morgan fingerprint density at radius 1 is 1.36 bits per heavy atom. The SMILES string of the molecule is CN1C(=O)C(c2cccc(Br)c2)(c2cc(C=O)n(CCF)c2)N=C1N. The maximum absolute atomic E-state index is 13.1. The van der Waals surface area contributed by atoms with Crippen LogP contribution in [0.5, 0.6) is 0 Å². The monoisotopic (exact) mass is 406 g/mol. The first-order chi connectivity index (χ1) is 11.9. The fourth-order valence-electron chi connectivity index (χ4n) is 3.00. The largest absolute Gasteiger partial charge is 0.369 e. The zero-order valence-corrected chi connectivity index (χ0v) is 15.0. The minimum absolute atomic E-state index is 0.0197. The Morgan fingerprint density at radius 2 is 2.12 bits per heavy atom. The van der Waals surface area contributed by atoms with Gasteiger partial charge in [-0.1, -0.05) is 28.1 Å². The van der Waals surface area contributed by atoms with Crippen molar-refractivity contribution in [3.05, 3.63) is 57.8 Å². The lowest BCUT2D eigenvalue weighted by Crippen LogP contribution is -2.41. The molecule has 0 bridgehead atoms. The maximum Gasteiger partial charge on any atom is 0.266 e. The minimum atomic E-state index is -1.40. The summed E-state index contributed by atoms with van der Waals surface area (Å²) in [7, 11) is 1.54. The normalized spacial score (nSPS) is 20.0. The predicted octanol–water partition coefficient (Wildman–Crippen LogP) is 2.06. The first kappa shape index (κ1) is 17.3. The average molecular weight is 407 g/mol. The van der Waals surface area contributed by atoms with E-state index in [9.17, 15) is 14.0 Å². The molecule has 1 aromatic heterocycles. The van der Waals surface area contributed by atoms with Gasteiger partial charge in [0.05, 0.1) is 12.2 Å². The van der Waals surface area contributed by atoms with Gasteiger partial charge in [0.15, 0.2) is 17.8 Å². The van der Waals surface area contributed by atoms with Crippen molar-refractivity contribution in [2.24, 2.45) is 10.7 Å². The van der Waals surface area contributed by atoms with Crippen molar-refractivity contribution in [2.75, 3.05) is 13.7 Å². The second kappa shape index (κ2) is 6.44. The van der Waals surface area contributed by atoms with Gasteiger partial charge in [-0.2, -0.15) is 0 Å². The number of hydrogen-bond donors (Lipinski definition) is 1. The summed E-state index contributed by atoms with van der Waals surface area (Å²) in [5, 5.41) is 0. The molecule has 1 aliphatic rings. The van der Waals surface area contributed by atoms with Crippen LogP contribution in [0.4, 0.5) is 4.39 Å². The van der Waals surface area contributed by atoms with E-state index in [2.05, 4.69) is 20.9 Å². The highest BCUT2D eigenvalue weighted by molar-refractivity contribution is 9.10. The topological polar surface area (TPSA) is 80.7 Å². The van der Waals surface area contributed by atoms with E-state index in [0.717, 1.165) is 4.47 Å². The number of carbonyl (C=O) groups is 2. The molecule has 1 atom stereocenters. The van der Waals surface area contributed by atoms with Crippen molar-refractivity contribution in [2.45, 2.75) is 12.1 Å². The molecule has 1 amide bonds.